The van der Waals surface area contributed by atoms with Gasteiger partial charge in [-0.2, -0.15) is 0 Å². The highest BCUT2D eigenvalue weighted by Crippen LogP contribution is 2.55. The number of thioether (sulfide) groups is 1. The average molecular weight is 434 g/mol. The molecule has 1 heterocycles. The monoisotopic (exact) mass is 433 g/mol. The van der Waals surface area contributed by atoms with Crippen LogP contribution >= 0.6 is 11.8 Å². The third-order valence-electron chi connectivity index (χ3n) is 7.01. The quantitative estimate of drug-likeness (QED) is 0.583. The van der Waals surface area contributed by atoms with Crippen LogP contribution < -0.4 is 11.1 Å². The zero-order valence-electron chi connectivity index (χ0n) is 18.4. The van der Waals surface area contributed by atoms with Crippen molar-refractivity contribution in [3.05, 3.63) is 5.82 Å². The van der Waals surface area contributed by atoms with Crippen LogP contribution in [-0.4, -0.2) is 37.4 Å². The first kappa shape index (κ1) is 21.7. The van der Waals surface area contributed by atoms with Crippen LogP contribution in [0.25, 0.3) is 0 Å². The van der Waals surface area contributed by atoms with Crippen LogP contribution in [0, 0.1) is 23.7 Å². The summed E-state index contributed by atoms with van der Waals surface area (Å²) in [6.07, 6.45) is 8.30. The Kier molecular flexibility index (Phi) is 6.15. The number of carbonyl (C=O) groups is 2. The molecule has 2 amide bonds. The minimum atomic E-state index is -0.341. The van der Waals surface area contributed by atoms with Gasteiger partial charge in [0.05, 0.1) is 5.25 Å². The molecule has 30 heavy (non-hydrogen) atoms. The number of aromatic nitrogens is 3. The van der Waals surface area contributed by atoms with Crippen LogP contribution in [0.4, 0.5) is 0 Å². The normalized spacial score (nSPS) is 30.6. The highest BCUT2D eigenvalue weighted by atomic mass is 32.2. The second-order valence-electron chi connectivity index (χ2n) is 10.3. The number of aryl methyl sites for hydroxylation is 1. The minimum absolute atomic E-state index is 0.0267. The number of amides is 2. The van der Waals surface area contributed by atoms with Gasteiger partial charge in [0.2, 0.25) is 11.8 Å². The second kappa shape index (κ2) is 8.52. The fourth-order valence-electron chi connectivity index (χ4n) is 6.21. The van der Waals surface area contributed by atoms with Crippen LogP contribution in [-0.2, 0) is 22.6 Å². The smallest absolute Gasteiger partial charge is 0.233 e. The van der Waals surface area contributed by atoms with Crippen molar-refractivity contribution in [2.45, 2.75) is 94.6 Å². The Morgan fingerprint density at radius 1 is 1.13 bits per heavy atom. The van der Waals surface area contributed by atoms with Crippen molar-refractivity contribution < 1.29 is 9.59 Å². The molecule has 4 aliphatic carbocycles. The summed E-state index contributed by atoms with van der Waals surface area (Å²) in [7, 11) is 0. The van der Waals surface area contributed by atoms with Crippen LogP contribution in [0.1, 0.15) is 71.5 Å². The van der Waals surface area contributed by atoms with Crippen LogP contribution in [0.15, 0.2) is 5.16 Å². The zero-order valence-corrected chi connectivity index (χ0v) is 19.2. The maximum atomic E-state index is 13.1. The summed E-state index contributed by atoms with van der Waals surface area (Å²) in [5.41, 5.74) is 5.33. The number of primary amides is 1. The predicted octanol–water partition coefficient (Wildman–Crippen LogP) is 2.92. The van der Waals surface area contributed by atoms with Gasteiger partial charge in [0, 0.05) is 24.9 Å². The van der Waals surface area contributed by atoms with Gasteiger partial charge < -0.3 is 15.6 Å². The number of rotatable bonds is 9. The fourth-order valence-corrected chi connectivity index (χ4v) is 7.09. The molecule has 1 aromatic rings. The lowest BCUT2D eigenvalue weighted by Gasteiger charge is -2.57. The van der Waals surface area contributed by atoms with Gasteiger partial charge in [0.1, 0.15) is 5.82 Å². The molecule has 0 radical (unpaired) electrons. The van der Waals surface area contributed by atoms with Crippen LogP contribution in [0.2, 0.25) is 0 Å². The Hall–Kier alpha value is -1.57. The van der Waals surface area contributed by atoms with Crippen molar-refractivity contribution in [2.24, 2.45) is 29.4 Å². The lowest BCUT2D eigenvalue weighted by Crippen LogP contribution is -2.60. The molecule has 4 saturated carbocycles. The topological polar surface area (TPSA) is 103 Å². The molecular formula is C22H35N5O2S. The number of hydrogen-bond acceptors (Lipinski definition) is 5. The van der Waals surface area contributed by atoms with E-state index in [0.29, 0.717) is 12.3 Å². The van der Waals surface area contributed by atoms with Gasteiger partial charge in [-0.05, 0) is 69.1 Å². The Balaban J connectivity index is 1.42. The lowest BCUT2D eigenvalue weighted by atomic mass is 9.53. The van der Waals surface area contributed by atoms with Crippen molar-refractivity contribution in [2.75, 3.05) is 0 Å². The molecule has 1 aromatic heterocycles. The fraction of sp³-hybridized carbons (Fsp3) is 0.818. The molecule has 4 aliphatic rings. The molecular weight excluding hydrogens is 398 g/mol. The minimum Gasteiger partial charge on any atom is -0.370 e. The molecule has 3 N–H and O–H groups in total. The summed E-state index contributed by atoms with van der Waals surface area (Å²) in [6, 6.07) is 0. The van der Waals surface area contributed by atoms with E-state index in [1.165, 1.54) is 31.0 Å². The van der Waals surface area contributed by atoms with Gasteiger partial charge >= 0.3 is 0 Å². The van der Waals surface area contributed by atoms with Crippen molar-refractivity contribution in [1.29, 1.82) is 0 Å². The summed E-state index contributed by atoms with van der Waals surface area (Å²) < 4.78 is 2.05. The van der Waals surface area contributed by atoms with Crippen molar-refractivity contribution in [1.82, 2.24) is 20.1 Å². The number of carbonyl (C=O) groups excluding carboxylic acids is 2. The van der Waals surface area contributed by atoms with E-state index in [9.17, 15) is 9.59 Å². The second-order valence-corrected chi connectivity index (χ2v) is 11.6. The SMILES string of the molecule is CC(C)Cn1c(CCC(N)=O)nnc1SC(C)C(=O)NC12CC3CC(CC(C3)C1)C2. The first-order valence-corrected chi connectivity index (χ1v) is 12.3. The highest BCUT2D eigenvalue weighted by Gasteiger charge is 2.51. The molecule has 1 unspecified atom stereocenters. The molecule has 4 fully saturated rings. The Morgan fingerprint density at radius 3 is 2.27 bits per heavy atom. The molecule has 166 valence electrons. The van der Waals surface area contributed by atoms with E-state index in [-0.39, 0.29) is 29.0 Å². The summed E-state index contributed by atoms with van der Waals surface area (Å²) in [6.45, 7) is 6.98. The maximum Gasteiger partial charge on any atom is 0.233 e. The van der Waals surface area contributed by atoms with Crippen molar-refractivity contribution in [3.63, 3.8) is 0 Å². The first-order valence-electron chi connectivity index (χ1n) is 11.4. The van der Waals surface area contributed by atoms with Gasteiger partial charge in [-0.3, -0.25) is 9.59 Å². The summed E-state index contributed by atoms with van der Waals surface area (Å²) in [5.74, 6) is 3.36. The molecule has 4 bridgehead atoms. The van der Waals surface area contributed by atoms with Gasteiger partial charge in [-0.1, -0.05) is 25.6 Å². The summed E-state index contributed by atoms with van der Waals surface area (Å²) in [4.78, 5) is 24.3. The summed E-state index contributed by atoms with van der Waals surface area (Å²) in [5, 5.41) is 12.6. The largest absolute Gasteiger partial charge is 0.370 e. The molecule has 5 rings (SSSR count). The average Bonchev–Trinajstić information content (AvgIpc) is 2.99. The van der Waals surface area contributed by atoms with Crippen LogP contribution in [0.5, 0.6) is 0 Å². The van der Waals surface area contributed by atoms with E-state index >= 15 is 0 Å². The van der Waals surface area contributed by atoms with Gasteiger partial charge in [-0.25, -0.2) is 0 Å². The maximum absolute atomic E-state index is 13.1. The number of nitrogens with one attached hydrogen (secondary N) is 1. The zero-order chi connectivity index (χ0) is 21.5. The van der Waals surface area contributed by atoms with Crippen molar-refractivity contribution >= 4 is 23.6 Å². The third kappa shape index (κ3) is 4.68. The van der Waals surface area contributed by atoms with Gasteiger partial charge in [0.25, 0.3) is 0 Å². The van der Waals surface area contributed by atoms with Gasteiger partial charge in [-0.15, -0.1) is 10.2 Å². The van der Waals surface area contributed by atoms with E-state index < -0.39 is 0 Å². The Bertz CT molecular complexity index is 770. The number of nitrogens with zero attached hydrogens (tertiary/aromatic N) is 3. The summed E-state index contributed by atoms with van der Waals surface area (Å²) >= 11 is 1.47. The molecule has 8 heteroatoms. The molecule has 1 atom stereocenters. The third-order valence-corrected chi connectivity index (χ3v) is 8.09. The number of nitrogens with two attached hydrogens (primary N) is 1. The van der Waals surface area contributed by atoms with Crippen LogP contribution in [0.3, 0.4) is 0 Å². The van der Waals surface area contributed by atoms with E-state index in [2.05, 4.69) is 29.4 Å². The number of hydrogen-bond donors (Lipinski definition) is 2. The molecule has 0 aromatic carbocycles. The van der Waals surface area contributed by atoms with Gasteiger partial charge in [0.15, 0.2) is 5.16 Å². The molecule has 0 saturated heterocycles. The van der Waals surface area contributed by atoms with E-state index in [1.54, 1.807) is 0 Å². The lowest BCUT2D eigenvalue weighted by molar-refractivity contribution is -0.126. The predicted molar refractivity (Wildman–Crippen MR) is 117 cm³/mol. The van der Waals surface area contributed by atoms with E-state index in [4.69, 9.17) is 5.73 Å². The first-order chi connectivity index (χ1) is 14.2. The Labute approximate surface area is 183 Å². The molecule has 7 nitrogen and oxygen atoms in total. The Morgan fingerprint density at radius 2 is 1.73 bits per heavy atom. The standard InChI is InChI=1S/C22H35N5O2S/c1-13(2)12-27-19(5-4-18(23)28)25-26-21(27)30-14(3)20(29)24-22-9-15-6-16(10-22)8-17(7-15)11-22/h13-17H,4-12H2,1-3H3,(H2,23,28)(H,24,29). The van der Waals surface area contributed by atoms with E-state index in [1.807, 2.05) is 11.5 Å². The molecule has 0 spiro atoms. The van der Waals surface area contributed by atoms with E-state index in [0.717, 1.165) is 54.5 Å². The highest BCUT2D eigenvalue weighted by molar-refractivity contribution is 8.00. The van der Waals surface area contributed by atoms with Crippen molar-refractivity contribution in [3.8, 4) is 0 Å². The molecule has 0 aliphatic heterocycles.